The fraction of sp³-hybridized carbons (Fsp3) is 0.211. The Bertz CT molecular complexity index is 873. The maximum absolute atomic E-state index is 13.0. The van der Waals surface area contributed by atoms with Crippen LogP contribution in [-0.2, 0) is 6.54 Å². The summed E-state index contributed by atoms with van der Waals surface area (Å²) in [5, 5.41) is 4.13. The van der Waals surface area contributed by atoms with Gasteiger partial charge in [0.05, 0.1) is 11.3 Å². The smallest absolute Gasteiger partial charge is 0.255 e. The molecule has 1 aliphatic rings. The minimum atomic E-state index is 0.0790. The molecule has 0 N–H and O–H groups in total. The fourth-order valence-corrected chi connectivity index (χ4v) is 3.29. The van der Waals surface area contributed by atoms with E-state index in [4.69, 9.17) is 0 Å². The van der Waals surface area contributed by atoms with Crippen molar-refractivity contribution >= 4 is 21.8 Å². The van der Waals surface area contributed by atoms with E-state index >= 15 is 0 Å². The summed E-state index contributed by atoms with van der Waals surface area (Å²) < 4.78 is 2.56. The second kappa shape index (κ2) is 6.80. The molecular formula is C19H17BrN4O. The van der Waals surface area contributed by atoms with E-state index in [9.17, 15) is 4.79 Å². The summed E-state index contributed by atoms with van der Waals surface area (Å²) in [4.78, 5) is 18.9. The highest BCUT2D eigenvalue weighted by atomic mass is 79.9. The number of hydrogen-bond donors (Lipinski definition) is 0. The van der Waals surface area contributed by atoms with Crippen LogP contribution >= 0.6 is 15.9 Å². The van der Waals surface area contributed by atoms with Gasteiger partial charge in [-0.15, -0.1) is 0 Å². The van der Waals surface area contributed by atoms with Crippen molar-refractivity contribution in [2.24, 2.45) is 0 Å². The fourth-order valence-electron chi connectivity index (χ4n) is 2.83. The Morgan fingerprint density at radius 2 is 1.92 bits per heavy atom. The zero-order valence-electron chi connectivity index (χ0n) is 13.5. The summed E-state index contributed by atoms with van der Waals surface area (Å²) in [5.41, 5.74) is 2.78. The monoisotopic (exact) mass is 396 g/mol. The molecule has 5 nitrogen and oxygen atoms in total. The lowest BCUT2D eigenvalue weighted by molar-refractivity contribution is 0.0729. The molecule has 6 heteroatoms. The molecule has 0 bridgehead atoms. The minimum Gasteiger partial charge on any atom is -0.331 e. The van der Waals surface area contributed by atoms with E-state index in [1.54, 1.807) is 11.0 Å². The van der Waals surface area contributed by atoms with Crippen molar-refractivity contribution in [1.29, 1.82) is 0 Å². The Hall–Kier alpha value is -2.47. The van der Waals surface area contributed by atoms with Crippen LogP contribution in [0.25, 0.3) is 5.69 Å². The predicted octanol–water partition coefficient (Wildman–Crippen LogP) is 3.83. The molecule has 0 unspecified atom stereocenters. The first-order chi connectivity index (χ1) is 12.2. The van der Waals surface area contributed by atoms with Gasteiger partial charge in [-0.3, -0.25) is 4.79 Å². The van der Waals surface area contributed by atoms with Crippen LogP contribution in [0.3, 0.4) is 0 Å². The van der Waals surface area contributed by atoms with Crippen LogP contribution in [0.2, 0.25) is 0 Å². The van der Waals surface area contributed by atoms with Gasteiger partial charge in [-0.05, 0) is 58.6 Å². The first-order valence-corrected chi connectivity index (χ1v) is 9.01. The van der Waals surface area contributed by atoms with Crippen LogP contribution < -0.4 is 0 Å². The third kappa shape index (κ3) is 3.49. The van der Waals surface area contributed by atoms with Gasteiger partial charge in [0.2, 0.25) is 0 Å². The molecule has 0 atom stereocenters. The highest BCUT2D eigenvalue weighted by Crippen LogP contribution is 2.31. The van der Waals surface area contributed by atoms with E-state index in [1.165, 1.54) is 6.33 Å². The SMILES string of the molecule is O=C(c1ccccc1Br)N(Cc1ccc(-n2cncn2)cc1)C1CC1. The molecule has 1 fully saturated rings. The number of amides is 1. The molecule has 1 saturated carbocycles. The van der Waals surface area contributed by atoms with E-state index < -0.39 is 0 Å². The van der Waals surface area contributed by atoms with Crippen molar-refractivity contribution in [2.45, 2.75) is 25.4 Å². The van der Waals surface area contributed by atoms with Crippen molar-refractivity contribution in [1.82, 2.24) is 19.7 Å². The number of carbonyl (C=O) groups excluding carboxylic acids is 1. The van der Waals surface area contributed by atoms with Gasteiger partial charge in [-0.25, -0.2) is 9.67 Å². The van der Waals surface area contributed by atoms with Gasteiger partial charge in [-0.1, -0.05) is 24.3 Å². The summed E-state index contributed by atoms with van der Waals surface area (Å²) >= 11 is 3.49. The predicted molar refractivity (Wildman–Crippen MR) is 98.4 cm³/mol. The van der Waals surface area contributed by atoms with Crippen LogP contribution in [0.15, 0.2) is 65.7 Å². The third-order valence-corrected chi connectivity index (χ3v) is 5.02. The number of halogens is 1. The van der Waals surface area contributed by atoms with Crippen LogP contribution in [0.5, 0.6) is 0 Å². The zero-order valence-corrected chi connectivity index (χ0v) is 15.1. The molecule has 1 amide bonds. The molecule has 4 rings (SSSR count). The van der Waals surface area contributed by atoms with Gasteiger partial charge in [0.1, 0.15) is 12.7 Å². The average molecular weight is 397 g/mol. The lowest BCUT2D eigenvalue weighted by atomic mass is 10.1. The van der Waals surface area contributed by atoms with Crippen LogP contribution in [0, 0.1) is 0 Å². The topological polar surface area (TPSA) is 51.0 Å². The van der Waals surface area contributed by atoms with Crippen molar-refractivity contribution in [3.8, 4) is 5.69 Å². The first-order valence-electron chi connectivity index (χ1n) is 8.22. The summed E-state index contributed by atoms with van der Waals surface area (Å²) in [6.45, 7) is 0.614. The number of carbonyl (C=O) groups is 1. The lowest BCUT2D eigenvalue weighted by Gasteiger charge is -2.23. The zero-order chi connectivity index (χ0) is 17.2. The van der Waals surface area contributed by atoms with E-state index in [-0.39, 0.29) is 5.91 Å². The molecule has 25 heavy (non-hydrogen) atoms. The number of aromatic nitrogens is 3. The highest BCUT2D eigenvalue weighted by molar-refractivity contribution is 9.10. The Balaban J connectivity index is 1.54. The van der Waals surface area contributed by atoms with Crippen LogP contribution in [-0.4, -0.2) is 31.6 Å². The largest absolute Gasteiger partial charge is 0.331 e. The highest BCUT2D eigenvalue weighted by Gasteiger charge is 2.33. The quantitative estimate of drug-likeness (QED) is 0.658. The molecule has 126 valence electrons. The van der Waals surface area contributed by atoms with Gasteiger partial charge in [-0.2, -0.15) is 5.10 Å². The number of benzene rings is 2. The Morgan fingerprint density at radius 1 is 1.16 bits per heavy atom. The second-order valence-corrected chi connectivity index (χ2v) is 7.00. The van der Waals surface area contributed by atoms with Gasteiger partial charge >= 0.3 is 0 Å². The standard InChI is InChI=1S/C19H17BrN4O/c20-18-4-2-1-3-17(18)19(25)23(15-9-10-15)11-14-5-7-16(8-6-14)24-13-21-12-22-24/h1-8,12-13,15H,9-11H2. The first kappa shape index (κ1) is 16.0. The van der Waals surface area contributed by atoms with Gasteiger partial charge < -0.3 is 4.90 Å². The van der Waals surface area contributed by atoms with Crippen LogP contribution in [0.1, 0.15) is 28.8 Å². The molecule has 0 saturated heterocycles. The van der Waals surface area contributed by atoms with Crippen molar-refractivity contribution in [2.75, 3.05) is 0 Å². The molecule has 0 spiro atoms. The van der Waals surface area contributed by atoms with Gasteiger partial charge in [0.15, 0.2) is 0 Å². The average Bonchev–Trinajstić information content (AvgIpc) is 3.33. The molecule has 0 aliphatic heterocycles. The minimum absolute atomic E-state index is 0.0790. The van der Waals surface area contributed by atoms with E-state index in [0.717, 1.165) is 28.6 Å². The molecule has 3 aromatic rings. The van der Waals surface area contributed by atoms with Crippen molar-refractivity contribution in [3.05, 3.63) is 76.8 Å². The molecular weight excluding hydrogens is 380 g/mol. The summed E-state index contributed by atoms with van der Waals surface area (Å²) in [5.74, 6) is 0.0790. The maximum atomic E-state index is 13.0. The number of nitrogens with zero attached hydrogens (tertiary/aromatic N) is 4. The molecule has 1 aliphatic carbocycles. The Labute approximate surface area is 154 Å². The molecule has 2 aromatic carbocycles. The van der Waals surface area contributed by atoms with E-state index in [1.807, 2.05) is 53.4 Å². The maximum Gasteiger partial charge on any atom is 0.255 e. The van der Waals surface area contributed by atoms with Gasteiger partial charge in [0, 0.05) is 17.1 Å². The second-order valence-electron chi connectivity index (χ2n) is 6.15. The van der Waals surface area contributed by atoms with Gasteiger partial charge in [0.25, 0.3) is 5.91 Å². The van der Waals surface area contributed by atoms with Crippen molar-refractivity contribution in [3.63, 3.8) is 0 Å². The van der Waals surface area contributed by atoms with E-state index in [2.05, 4.69) is 26.0 Å². The number of hydrogen-bond acceptors (Lipinski definition) is 3. The summed E-state index contributed by atoms with van der Waals surface area (Å²) in [7, 11) is 0. The molecule has 0 radical (unpaired) electrons. The molecule has 1 aromatic heterocycles. The van der Waals surface area contributed by atoms with Crippen LogP contribution in [0.4, 0.5) is 0 Å². The molecule has 1 heterocycles. The van der Waals surface area contributed by atoms with E-state index in [0.29, 0.717) is 18.2 Å². The summed E-state index contributed by atoms with van der Waals surface area (Å²) in [6.07, 6.45) is 5.33. The van der Waals surface area contributed by atoms with Crippen molar-refractivity contribution < 1.29 is 4.79 Å². The normalized spacial score (nSPS) is 13.6. The Kier molecular flexibility index (Phi) is 4.36. The lowest BCUT2D eigenvalue weighted by Crippen LogP contribution is -2.32. The third-order valence-electron chi connectivity index (χ3n) is 4.33. The Morgan fingerprint density at radius 3 is 2.56 bits per heavy atom. The number of rotatable bonds is 5. The summed E-state index contributed by atoms with van der Waals surface area (Å²) in [6, 6.07) is 16.0.